The maximum absolute atomic E-state index is 6.20. The van der Waals surface area contributed by atoms with Crippen LogP contribution in [0.25, 0.3) is 0 Å². The van der Waals surface area contributed by atoms with E-state index < -0.39 is 0 Å². The molecule has 0 radical (unpaired) electrons. The van der Waals surface area contributed by atoms with Crippen LogP contribution in [0.2, 0.25) is 10.0 Å². The summed E-state index contributed by atoms with van der Waals surface area (Å²) in [5, 5.41) is 4.68. The predicted molar refractivity (Wildman–Crippen MR) is 105 cm³/mol. The average Bonchev–Trinajstić information content (AvgIpc) is 2.53. The van der Waals surface area contributed by atoms with Crippen LogP contribution in [0.1, 0.15) is 38.8 Å². The second-order valence-corrected chi connectivity index (χ2v) is 7.69. The molecule has 0 amide bonds. The topological polar surface area (TPSA) is 30.5 Å². The van der Waals surface area contributed by atoms with E-state index in [2.05, 4.69) is 26.1 Å². The zero-order valence-corrected chi connectivity index (χ0v) is 16.7. The molecule has 0 saturated heterocycles. The van der Waals surface area contributed by atoms with Crippen LogP contribution in [-0.4, -0.2) is 12.1 Å². The second-order valence-electron chi connectivity index (χ2n) is 6.84. The Morgan fingerprint density at radius 2 is 1.72 bits per heavy atom. The van der Waals surface area contributed by atoms with Crippen molar-refractivity contribution in [2.45, 2.75) is 46.4 Å². The average molecular weight is 382 g/mol. The van der Waals surface area contributed by atoms with Crippen molar-refractivity contribution in [2.75, 3.05) is 6.61 Å². The third-order valence-electron chi connectivity index (χ3n) is 3.53. The highest BCUT2D eigenvalue weighted by molar-refractivity contribution is 6.35. The summed E-state index contributed by atoms with van der Waals surface area (Å²) in [6.45, 7) is 10.1. The molecule has 3 nitrogen and oxygen atoms in total. The molecule has 25 heavy (non-hydrogen) atoms. The Morgan fingerprint density at radius 3 is 2.36 bits per heavy atom. The van der Waals surface area contributed by atoms with E-state index >= 15 is 0 Å². The number of nitrogens with one attached hydrogen (secondary N) is 1. The molecule has 0 aliphatic carbocycles. The summed E-state index contributed by atoms with van der Waals surface area (Å²) in [7, 11) is 0. The molecule has 2 rings (SSSR count). The maximum Gasteiger partial charge on any atom is 0.161 e. The van der Waals surface area contributed by atoms with E-state index in [0.717, 1.165) is 23.4 Å². The van der Waals surface area contributed by atoms with Crippen LogP contribution in [0, 0.1) is 0 Å². The minimum atomic E-state index is 0.0618. The molecule has 0 aliphatic rings. The van der Waals surface area contributed by atoms with E-state index in [0.29, 0.717) is 29.0 Å². The molecule has 0 saturated carbocycles. The zero-order valence-electron chi connectivity index (χ0n) is 15.2. The lowest BCUT2D eigenvalue weighted by Crippen LogP contribution is -2.35. The highest BCUT2D eigenvalue weighted by Crippen LogP contribution is 2.30. The molecule has 2 aromatic carbocycles. The lowest BCUT2D eigenvalue weighted by Gasteiger charge is -2.21. The van der Waals surface area contributed by atoms with Crippen LogP contribution < -0.4 is 14.8 Å². The summed E-state index contributed by atoms with van der Waals surface area (Å²) < 4.78 is 11.7. The Bertz CT molecular complexity index is 711. The smallest absolute Gasteiger partial charge is 0.161 e. The number of halogens is 2. The van der Waals surface area contributed by atoms with Crippen molar-refractivity contribution in [1.82, 2.24) is 5.32 Å². The van der Waals surface area contributed by atoms with Crippen molar-refractivity contribution in [2.24, 2.45) is 0 Å². The van der Waals surface area contributed by atoms with Gasteiger partial charge in [-0.05, 0) is 57.5 Å². The molecular weight excluding hydrogens is 357 g/mol. The van der Waals surface area contributed by atoms with Gasteiger partial charge in [0.25, 0.3) is 0 Å². The number of hydrogen-bond acceptors (Lipinski definition) is 3. The second kappa shape index (κ2) is 8.79. The summed E-state index contributed by atoms with van der Waals surface area (Å²) in [4.78, 5) is 0. The third kappa shape index (κ3) is 6.43. The molecule has 0 heterocycles. The zero-order chi connectivity index (χ0) is 18.4. The molecule has 0 atom stereocenters. The molecule has 0 spiro atoms. The van der Waals surface area contributed by atoms with E-state index in [1.807, 2.05) is 31.2 Å². The van der Waals surface area contributed by atoms with E-state index in [9.17, 15) is 0 Å². The normalized spacial score (nSPS) is 11.4. The SMILES string of the molecule is CCOc1cc(CNC(C)(C)C)ccc1OCc1ccc(Cl)cc1Cl. The largest absolute Gasteiger partial charge is 0.490 e. The molecule has 1 N–H and O–H groups in total. The van der Waals surface area contributed by atoms with Crippen molar-refractivity contribution < 1.29 is 9.47 Å². The number of ether oxygens (including phenoxy) is 2. The summed E-state index contributed by atoms with van der Waals surface area (Å²) in [6.07, 6.45) is 0. The molecule has 0 fully saturated rings. The fourth-order valence-electron chi connectivity index (χ4n) is 2.21. The highest BCUT2D eigenvalue weighted by Gasteiger charge is 2.12. The minimum Gasteiger partial charge on any atom is -0.490 e. The van der Waals surface area contributed by atoms with Crippen LogP contribution in [0.4, 0.5) is 0 Å². The maximum atomic E-state index is 6.20. The lowest BCUT2D eigenvalue weighted by atomic mass is 10.1. The Balaban J connectivity index is 2.11. The van der Waals surface area contributed by atoms with Gasteiger partial charge in [-0.3, -0.25) is 0 Å². The predicted octanol–water partition coefficient (Wildman–Crippen LogP) is 5.86. The van der Waals surface area contributed by atoms with E-state index in [1.54, 1.807) is 12.1 Å². The standard InChI is InChI=1S/C20H25Cl2NO2/c1-5-24-19-10-14(12-23-20(2,3)4)6-9-18(19)25-13-15-7-8-16(21)11-17(15)22/h6-11,23H,5,12-13H2,1-4H3. The monoisotopic (exact) mass is 381 g/mol. The van der Waals surface area contributed by atoms with Crippen LogP contribution in [0.5, 0.6) is 11.5 Å². The van der Waals surface area contributed by atoms with Gasteiger partial charge in [0, 0.05) is 27.7 Å². The van der Waals surface area contributed by atoms with Gasteiger partial charge in [-0.25, -0.2) is 0 Å². The molecule has 5 heteroatoms. The molecule has 0 unspecified atom stereocenters. The van der Waals surface area contributed by atoms with Crippen molar-refractivity contribution in [3.05, 3.63) is 57.6 Å². The fraction of sp³-hybridized carbons (Fsp3) is 0.400. The molecule has 0 aromatic heterocycles. The summed E-state index contributed by atoms with van der Waals surface area (Å²) in [5.74, 6) is 1.44. The highest BCUT2D eigenvalue weighted by atomic mass is 35.5. The number of benzene rings is 2. The summed E-state index contributed by atoms with van der Waals surface area (Å²) >= 11 is 12.1. The first-order valence-corrected chi connectivity index (χ1v) is 9.11. The Kier molecular flexibility index (Phi) is 7.00. The van der Waals surface area contributed by atoms with Gasteiger partial charge in [-0.1, -0.05) is 35.3 Å². The molecule has 136 valence electrons. The van der Waals surface area contributed by atoms with Crippen LogP contribution in [-0.2, 0) is 13.2 Å². The number of hydrogen-bond donors (Lipinski definition) is 1. The first-order chi connectivity index (χ1) is 11.8. The molecular formula is C20H25Cl2NO2. The van der Waals surface area contributed by atoms with Gasteiger partial charge in [-0.2, -0.15) is 0 Å². The van der Waals surface area contributed by atoms with E-state index in [1.165, 1.54) is 0 Å². The Hall–Kier alpha value is -1.42. The lowest BCUT2D eigenvalue weighted by molar-refractivity contribution is 0.269. The van der Waals surface area contributed by atoms with Crippen molar-refractivity contribution in [3.63, 3.8) is 0 Å². The van der Waals surface area contributed by atoms with Crippen LogP contribution >= 0.6 is 23.2 Å². The van der Waals surface area contributed by atoms with Crippen molar-refractivity contribution >= 4 is 23.2 Å². The van der Waals surface area contributed by atoms with Crippen molar-refractivity contribution in [1.29, 1.82) is 0 Å². The first kappa shape index (κ1) is 19.9. The molecule has 2 aromatic rings. The quantitative estimate of drug-likeness (QED) is 0.651. The van der Waals surface area contributed by atoms with Gasteiger partial charge < -0.3 is 14.8 Å². The van der Waals surface area contributed by atoms with Gasteiger partial charge >= 0.3 is 0 Å². The summed E-state index contributed by atoms with van der Waals surface area (Å²) in [6, 6.07) is 11.4. The first-order valence-electron chi connectivity index (χ1n) is 8.36. The minimum absolute atomic E-state index is 0.0618. The van der Waals surface area contributed by atoms with Gasteiger partial charge in [0.1, 0.15) is 6.61 Å². The van der Waals surface area contributed by atoms with Gasteiger partial charge in [-0.15, -0.1) is 0 Å². The third-order valence-corrected chi connectivity index (χ3v) is 4.12. The van der Waals surface area contributed by atoms with Gasteiger partial charge in [0.05, 0.1) is 6.61 Å². The molecule has 0 aliphatic heterocycles. The molecule has 0 bridgehead atoms. The van der Waals surface area contributed by atoms with Crippen molar-refractivity contribution in [3.8, 4) is 11.5 Å². The van der Waals surface area contributed by atoms with Crippen LogP contribution in [0.3, 0.4) is 0 Å². The Morgan fingerprint density at radius 1 is 0.960 bits per heavy atom. The van der Waals surface area contributed by atoms with Gasteiger partial charge in [0.15, 0.2) is 11.5 Å². The van der Waals surface area contributed by atoms with E-state index in [4.69, 9.17) is 32.7 Å². The Labute approximate surface area is 160 Å². The van der Waals surface area contributed by atoms with E-state index in [-0.39, 0.29) is 5.54 Å². The summed E-state index contributed by atoms with van der Waals surface area (Å²) in [5.41, 5.74) is 2.09. The van der Waals surface area contributed by atoms with Gasteiger partial charge in [0.2, 0.25) is 0 Å². The fourth-order valence-corrected chi connectivity index (χ4v) is 2.67. The van der Waals surface area contributed by atoms with Crippen LogP contribution in [0.15, 0.2) is 36.4 Å². The number of rotatable bonds is 7.